The second-order valence-corrected chi connectivity index (χ2v) is 5.42. The molecule has 1 atom stereocenters. The number of amides is 1. The zero-order chi connectivity index (χ0) is 11.5. The first kappa shape index (κ1) is 12.5. The molecule has 88 valence electrons. The Bertz CT molecular complexity index is 222. The highest BCUT2D eigenvalue weighted by molar-refractivity contribution is 5.81. The monoisotopic (exact) mass is 212 g/mol. The Labute approximate surface area is 93.0 Å². The van der Waals surface area contributed by atoms with Gasteiger partial charge in [0, 0.05) is 19.6 Å². The predicted octanol–water partition coefficient (Wildman–Crippen LogP) is 1.54. The highest BCUT2D eigenvalue weighted by atomic mass is 16.2. The van der Waals surface area contributed by atoms with Crippen LogP contribution in [0.2, 0.25) is 0 Å². The zero-order valence-corrected chi connectivity index (χ0v) is 10.4. The molecule has 3 nitrogen and oxygen atoms in total. The minimum absolute atomic E-state index is 0.105. The highest BCUT2D eigenvalue weighted by Crippen LogP contribution is 2.33. The van der Waals surface area contributed by atoms with E-state index in [1.165, 1.54) is 19.3 Å². The van der Waals surface area contributed by atoms with Crippen LogP contribution in [0.5, 0.6) is 0 Å². The molecular formula is C12H24N2O. The van der Waals surface area contributed by atoms with Crippen molar-refractivity contribution in [3.8, 4) is 0 Å². The average Bonchev–Trinajstić information content (AvgIpc) is 2.97. The Morgan fingerprint density at radius 2 is 2.07 bits per heavy atom. The Hall–Kier alpha value is -0.570. The van der Waals surface area contributed by atoms with E-state index in [-0.39, 0.29) is 11.3 Å². The molecule has 0 heterocycles. The van der Waals surface area contributed by atoms with Crippen molar-refractivity contribution in [2.75, 3.05) is 13.6 Å². The van der Waals surface area contributed by atoms with Gasteiger partial charge in [-0.3, -0.25) is 4.79 Å². The molecule has 1 fully saturated rings. The normalized spacial score (nSPS) is 18.7. The van der Waals surface area contributed by atoms with Crippen molar-refractivity contribution in [3.63, 3.8) is 0 Å². The molecule has 1 amide bonds. The first-order chi connectivity index (χ1) is 6.95. The summed E-state index contributed by atoms with van der Waals surface area (Å²) in [6, 6.07) is 0.529. The van der Waals surface area contributed by atoms with Gasteiger partial charge in [0.2, 0.25) is 5.91 Å². The summed E-state index contributed by atoms with van der Waals surface area (Å²) in [6.07, 6.45) is 4.04. The van der Waals surface area contributed by atoms with Crippen molar-refractivity contribution >= 4 is 5.91 Å². The molecule has 0 aromatic heterocycles. The van der Waals surface area contributed by atoms with Crippen molar-refractivity contribution in [2.45, 2.75) is 46.1 Å². The fraction of sp³-hybridized carbons (Fsp3) is 0.917. The van der Waals surface area contributed by atoms with E-state index in [1.54, 1.807) is 7.05 Å². The van der Waals surface area contributed by atoms with Crippen LogP contribution < -0.4 is 10.6 Å². The molecule has 1 rings (SSSR count). The van der Waals surface area contributed by atoms with Gasteiger partial charge in [-0.1, -0.05) is 12.8 Å². The molecule has 2 N–H and O–H groups in total. The molecule has 0 aliphatic heterocycles. The Kier molecular flexibility index (Phi) is 4.14. The number of nitrogens with one attached hydrogen (secondary N) is 2. The molecule has 15 heavy (non-hydrogen) atoms. The van der Waals surface area contributed by atoms with Crippen LogP contribution in [-0.4, -0.2) is 25.5 Å². The number of hydrogen-bond acceptors (Lipinski definition) is 2. The molecule has 1 aliphatic rings. The molecule has 3 heteroatoms. The molecule has 0 bridgehead atoms. The fourth-order valence-electron chi connectivity index (χ4n) is 1.78. The molecule has 0 saturated heterocycles. The maximum absolute atomic E-state index is 11.5. The Balaban J connectivity index is 2.24. The molecule has 0 radical (unpaired) electrons. The maximum atomic E-state index is 11.5. The summed E-state index contributed by atoms with van der Waals surface area (Å²) in [5.74, 6) is 1.05. The van der Waals surface area contributed by atoms with Crippen LogP contribution in [0, 0.1) is 11.3 Å². The Morgan fingerprint density at radius 1 is 1.47 bits per heavy atom. The Morgan fingerprint density at radius 3 is 2.53 bits per heavy atom. The first-order valence-corrected chi connectivity index (χ1v) is 5.91. The maximum Gasteiger partial charge on any atom is 0.226 e. The lowest BCUT2D eigenvalue weighted by molar-refractivity contribution is -0.128. The number of rotatable bonds is 6. The third-order valence-electron chi connectivity index (χ3n) is 3.12. The van der Waals surface area contributed by atoms with Gasteiger partial charge < -0.3 is 10.6 Å². The molecule has 1 unspecified atom stereocenters. The van der Waals surface area contributed by atoms with Gasteiger partial charge in [0.05, 0.1) is 5.41 Å². The van der Waals surface area contributed by atoms with Crippen molar-refractivity contribution < 1.29 is 4.79 Å². The van der Waals surface area contributed by atoms with E-state index in [0.29, 0.717) is 6.04 Å². The molecule has 0 spiro atoms. The minimum atomic E-state index is -0.313. The lowest BCUT2D eigenvalue weighted by atomic mass is 9.92. The number of carbonyl (C=O) groups is 1. The third-order valence-corrected chi connectivity index (χ3v) is 3.12. The first-order valence-electron chi connectivity index (χ1n) is 5.91. The van der Waals surface area contributed by atoms with E-state index >= 15 is 0 Å². The van der Waals surface area contributed by atoms with E-state index in [9.17, 15) is 4.79 Å². The van der Waals surface area contributed by atoms with Crippen LogP contribution in [0.15, 0.2) is 0 Å². The van der Waals surface area contributed by atoms with Crippen molar-refractivity contribution in [2.24, 2.45) is 11.3 Å². The van der Waals surface area contributed by atoms with Crippen molar-refractivity contribution in [3.05, 3.63) is 0 Å². The van der Waals surface area contributed by atoms with E-state index < -0.39 is 0 Å². The topological polar surface area (TPSA) is 41.1 Å². The summed E-state index contributed by atoms with van der Waals surface area (Å²) in [5.41, 5.74) is -0.313. The SMILES string of the molecule is CNC(=O)C(C)(C)CNC(C)CC1CC1. The van der Waals surface area contributed by atoms with E-state index in [0.717, 1.165) is 12.5 Å². The second-order valence-electron chi connectivity index (χ2n) is 5.42. The van der Waals surface area contributed by atoms with Crippen LogP contribution in [0.3, 0.4) is 0 Å². The predicted molar refractivity (Wildman–Crippen MR) is 62.7 cm³/mol. The molecule has 1 aliphatic carbocycles. The summed E-state index contributed by atoms with van der Waals surface area (Å²) in [7, 11) is 1.69. The van der Waals surface area contributed by atoms with Gasteiger partial charge >= 0.3 is 0 Å². The molecule has 1 saturated carbocycles. The number of hydrogen-bond donors (Lipinski definition) is 2. The lowest BCUT2D eigenvalue weighted by Crippen LogP contribution is -2.44. The van der Waals surface area contributed by atoms with Crippen LogP contribution in [-0.2, 0) is 4.79 Å². The van der Waals surface area contributed by atoms with Crippen LogP contribution >= 0.6 is 0 Å². The smallest absolute Gasteiger partial charge is 0.226 e. The highest BCUT2D eigenvalue weighted by Gasteiger charge is 2.28. The summed E-state index contributed by atoms with van der Waals surface area (Å²) in [4.78, 5) is 11.5. The van der Waals surface area contributed by atoms with Gasteiger partial charge in [-0.25, -0.2) is 0 Å². The largest absolute Gasteiger partial charge is 0.359 e. The molecule has 0 aromatic rings. The number of carbonyl (C=O) groups excluding carboxylic acids is 1. The van der Waals surface area contributed by atoms with Crippen LogP contribution in [0.1, 0.15) is 40.0 Å². The van der Waals surface area contributed by atoms with Crippen molar-refractivity contribution in [1.82, 2.24) is 10.6 Å². The average molecular weight is 212 g/mol. The summed E-state index contributed by atoms with van der Waals surface area (Å²) >= 11 is 0. The molecular weight excluding hydrogens is 188 g/mol. The van der Waals surface area contributed by atoms with Gasteiger partial charge in [0.1, 0.15) is 0 Å². The van der Waals surface area contributed by atoms with Gasteiger partial charge in [-0.15, -0.1) is 0 Å². The van der Waals surface area contributed by atoms with Crippen LogP contribution in [0.4, 0.5) is 0 Å². The van der Waals surface area contributed by atoms with E-state index in [2.05, 4.69) is 17.6 Å². The summed E-state index contributed by atoms with van der Waals surface area (Å²) < 4.78 is 0. The van der Waals surface area contributed by atoms with Crippen molar-refractivity contribution in [1.29, 1.82) is 0 Å². The second kappa shape index (κ2) is 4.97. The fourth-order valence-corrected chi connectivity index (χ4v) is 1.78. The summed E-state index contributed by atoms with van der Waals surface area (Å²) in [5, 5.41) is 6.15. The minimum Gasteiger partial charge on any atom is -0.359 e. The van der Waals surface area contributed by atoms with E-state index in [1.807, 2.05) is 13.8 Å². The van der Waals surface area contributed by atoms with Gasteiger partial charge in [0.25, 0.3) is 0 Å². The van der Waals surface area contributed by atoms with Gasteiger partial charge in [-0.05, 0) is 33.1 Å². The van der Waals surface area contributed by atoms with Crippen LogP contribution in [0.25, 0.3) is 0 Å². The quantitative estimate of drug-likeness (QED) is 0.701. The molecule has 0 aromatic carbocycles. The standard InChI is InChI=1S/C12H24N2O/c1-9(7-10-5-6-10)14-8-12(2,3)11(15)13-4/h9-10,14H,5-8H2,1-4H3,(H,13,15). The third kappa shape index (κ3) is 4.20. The zero-order valence-electron chi connectivity index (χ0n) is 10.4. The van der Waals surface area contributed by atoms with Gasteiger partial charge in [-0.2, -0.15) is 0 Å². The van der Waals surface area contributed by atoms with Gasteiger partial charge in [0.15, 0.2) is 0 Å². The van der Waals surface area contributed by atoms with E-state index in [4.69, 9.17) is 0 Å². The lowest BCUT2D eigenvalue weighted by Gasteiger charge is -2.25. The summed E-state index contributed by atoms with van der Waals surface area (Å²) in [6.45, 7) is 6.91.